The van der Waals surface area contributed by atoms with E-state index in [1.54, 1.807) is 30.3 Å². The molecule has 0 saturated carbocycles. The molecule has 4 nitrogen and oxygen atoms in total. The number of carbonyl (C=O) groups excluding carboxylic acids is 1. The van der Waals surface area contributed by atoms with Gasteiger partial charge in [0.1, 0.15) is 22.6 Å². The van der Waals surface area contributed by atoms with E-state index in [-0.39, 0.29) is 5.91 Å². The molecule has 0 radical (unpaired) electrons. The number of rotatable bonds is 4. The van der Waals surface area contributed by atoms with Crippen molar-refractivity contribution < 1.29 is 9.21 Å². The minimum absolute atomic E-state index is 0.308. The Bertz CT molecular complexity index is 1190. The highest BCUT2D eigenvalue weighted by molar-refractivity contribution is 7.16. The monoisotopic (exact) mass is 456 g/mol. The van der Waals surface area contributed by atoms with Gasteiger partial charge in [-0.25, -0.2) is 0 Å². The van der Waals surface area contributed by atoms with Crippen LogP contribution in [-0.4, -0.2) is 5.91 Å². The molecule has 1 N–H and O–H groups in total. The quantitative estimate of drug-likeness (QED) is 0.431. The molecule has 2 heterocycles. The average Bonchev–Trinajstić information content (AvgIpc) is 3.32. The van der Waals surface area contributed by atoms with Crippen LogP contribution in [0.3, 0.4) is 0 Å². The second kappa shape index (κ2) is 8.69. The van der Waals surface area contributed by atoms with Crippen LogP contribution in [-0.2, 0) is 17.6 Å². The fraction of sp³-hybridized carbons (Fsp3) is 0.217. The van der Waals surface area contributed by atoms with Crippen molar-refractivity contribution in [2.45, 2.75) is 26.2 Å². The van der Waals surface area contributed by atoms with Gasteiger partial charge in [0.25, 0.3) is 0 Å². The standard InChI is InChI=1S/C23H18Cl2N2O2S/c1-13-5-8-15-17(12-26)23(30-20(15)11-13)27-21(28)10-7-14-6-9-19(29-14)16-3-2-4-18(24)22(16)25/h2-4,6-7,9-10,13H,5,8,11H2,1H3,(H,27,28). The number of fused-ring (bicyclic) bond motifs is 1. The summed E-state index contributed by atoms with van der Waals surface area (Å²) in [5.74, 6) is 1.37. The van der Waals surface area contributed by atoms with E-state index in [0.29, 0.717) is 43.6 Å². The number of carbonyl (C=O) groups is 1. The Morgan fingerprint density at radius 1 is 1.33 bits per heavy atom. The van der Waals surface area contributed by atoms with E-state index in [1.807, 2.05) is 6.07 Å². The zero-order valence-electron chi connectivity index (χ0n) is 16.2. The van der Waals surface area contributed by atoms with Gasteiger partial charge >= 0.3 is 0 Å². The molecule has 1 atom stereocenters. The van der Waals surface area contributed by atoms with Crippen molar-refractivity contribution in [1.29, 1.82) is 5.26 Å². The zero-order chi connectivity index (χ0) is 21.3. The van der Waals surface area contributed by atoms with Crippen LogP contribution in [0.4, 0.5) is 5.00 Å². The Balaban J connectivity index is 1.49. The Morgan fingerprint density at radius 3 is 2.97 bits per heavy atom. The highest BCUT2D eigenvalue weighted by Gasteiger charge is 2.24. The SMILES string of the molecule is CC1CCc2c(sc(NC(=O)C=Cc3ccc(-c4cccc(Cl)c4Cl)o3)c2C#N)C1. The maximum absolute atomic E-state index is 12.4. The van der Waals surface area contributed by atoms with E-state index in [0.717, 1.165) is 24.8 Å². The van der Waals surface area contributed by atoms with Crippen molar-refractivity contribution in [2.24, 2.45) is 5.92 Å². The van der Waals surface area contributed by atoms with E-state index in [2.05, 4.69) is 18.3 Å². The Hall–Kier alpha value is -2.52. The van der Waals surface area contributed by atoms with E-state index in [9.17, 15) is 10.1 Å². The summed E-state index contributed by atoms with van der Waals surface area (Å²) in [6, 6.07) is 11.1. The number of thiophene rings is 1. The third kappa shape index (κ3) is 4.17. The minimum Gasteiger partial charge on any atom is -0.457 e. The first kappa shape index (κ1) is 20.7. The molecule has 7 heteroatoms. The normalized spacial score (nSPS) is 15.7. The molecular weight excluding hydrogens is 439 g/mol. The number of hydrogen-bond acceptors (Lipinski definition) is 4. The van der Waals surface area contributed by atoms with Crippen molar-refractivity contribution in [3.05, 3.63) is 68.2 Å². The number of furan rings is 1. The van der Waals surface area contributed by atoms with Gasteiger partial charge in [0, 0.05) is 16.5 Å². The fourth-order valence-electron chi connectivity index (χ4n) is 3.55. The van der Waals surface area contributed by atoms with Gasteiger partial charge in [-0.05, 0) is 61.1 Å². The van der Waals surface area contributed by atoms with Gasteiger partial charge in [0.15, 0.2) is 0 Å². The number of nitrogens with one attached hydrogen (secondary N) is 1. The summed E-state index contributed by atoms with van der Waals surface area (Å²) in [5.41, 5.74) is 2.37. The molecule has 0 aliphatic heterocycles. The van der Waals surface area contributed by atoms with E-state index in [4.69, 9.17) is 27.6 Å². The lowest BCUT2D eigenvalue weighted by Crippen LogP contribution is -2.10. The number of amides is 1. The van der Waals surface area contributed by atoms with Crippen LogP contribution in [0.25, 0.3) is 17.4 Å². The number of anilines is 1. The van der Waals surface area contributed by atoms with E-state index >= 15 is 0 Å². The molecule has 0 spiro atoms. The van der Waals surface area contributed by atoms with Crippen molar-refractivity contribution in [3.8, 4) is 17.4 Å². The predicted molar refractivity (Wildman–Crippen MR) is 122 cm³/mol. The van der Waals surface area contributed by atoms with Gasteiger partial charge in [-0.2, -0.15) is 5.26 Å². The summed E-state index contributed by atoms with van der Waals surface area (Å²) in [6.45, 7) is 2.21. The van der Waals surface area contributed by atoms with Gasteiger partial charge in [-0.3, -0.25) is 4.79 Å². The van der Waals surface area contributed by atoms with Crippen LogP contribution in [0.2, 0.25) is 10.0 Å². The number of halogens is 2. The first-order valence-corrected chi connectivity index (χ1v) is 11.1. The second-order valence-electron chi connectivity index (χ2n) is 7.29. The number of nitriles is 1. The van der Waals surface area contributed by atoms with Crippen molar-refractivity contribution in [3.63, 3.8) is 0 Å². The molecule has 1 aromatic carbocycles. The van der Waals surface area contributed by atoms with Gasteiger partial charge in [0.05, 0.1) is 15.6 Å². The summed E-state index contributed by atoms with van der Waals surface area (Å²) in [6.07, 6.45) is 5.90. The van der Waals surface area contributed by atoms with Gasteiger partial charge in [-0.15, -0.1) is 11.3 Å². The van der Waals surface area contributed by atoms with Gasteiger partial charge in [-0.1, -0.05) is 36.2 Å². The first-order chi connectivity index (χ1) is 14.5. The largest absolute Gasteiger partial charge is 0.457 e. The lowest BCUT2D eigenvalue weighted by molar-refractivity contribution is -0.111. The Morgan fingerprint density at radius 2 is 2.17 bits per heavy atom. The first-order valence-electron chi connectivity index (χ1n) is 9.54. The molecule has 1 aliphatic rings. The molecule has 4 rings (SSSR count). The number of benzene rings is 1. The van der Waals surface area contributed by atoms with Crippen LogP contribution in [0, 0.1) is 17.2 Å². The van der Waals surface area contributed by atoms with Crippen molar-refractivity contribution in [2.75, 3.05) is 5.32 Å². The van der Waals surface area contributed by atoms with Gasteiger partial charge < -0.3 is 9.73 Å². The molecule has 152 valence electrons. The number of hydrogen-bond donors (Lipinski definition) is 1. The molecule has 3 aromatic rings. The molecule has 1 amide bonds. The van der Waals surface area contributed by atoms with Crippen LogP contribution in [0.15, 0.2) is 40.8 Å². The van der Waals surface area contributed by atoms with Crippen LogP contribution in [0.1, 0.15) is 35.1 Å². The summed E-state index contributed by atoms with van der Waals surface area (Å²) in [5, 5.41) is 13.9. The molecule has 1 unspecified atom stereocenters. The minimum atomic E-state index is -0.308. The summed E-state index contributed by atoms with van der Waals surface area (Å²) < 4.78 is 5.77. The molecule has 0 fully saturated rings. The highest BCUT2D eigenvalue weighted by atomic mass is 35.5. The molecule has 2 aromatic heterocycles. The smallest absolute Gasteiger partial charge is 0.249 e. The van der Waals surface area contributed by atoms with E-state index in [1.165, 1.54) is 22.3 Å². The Kier molecular flexibility index (Phi) is 6.01. The van der Waals surface area contributed by atoms with Crippen LogP contribution in [0.5, 0.6) is 0 Å². The predicted octanol–water partition coefficient (Wildman–Crippen LogP) is 6.96. The van der Waals surface area contributed by atoms with Crippen LogP contribution < -0.4 is 5.32 Å². The lowest BCUT2D eigenvalue weighted by Gasteiger charge is -2.17. The summed E-state index contributed by atoms with van der Waals surface area (Å²) in [4.78, 5) is 13.6. The summed E-state index contributed by atoms with van der Waals surface area (Å²) >= 11 is 13.8. The lowest BCUT2D eigenvalue weighted by atomic mass is 9.89. The molecule has 30 heavy (non-hydrogen) atoms. The van der Waals surface area contributed by atoms with Crippen molar-refractivity contribution >= 4 is 51.5 Å². The maximum atomic E-state index is 12.4. The molecule has 0 saturated heterocycles. The van der Waals surface area contributed by atoms with Crippen LogP contribution >= 0.6 is 34.5 Å². The maximum Gasteiger partial charge on any atom is 0.249 e. The topological polar surface area (TPSA) is 66.0 Å². The second-order valence-corrected chi connectivity index (χ2v) is 9.18. The molecule has 1 aliphatic carbocycles. The van der Waals surface area contributed by atoms with E-state index < -0.39 is 0 Å². The Labute approximate surface area is 188 Å². The van der Waals surface area contributed by atoms with Gasteiger partial charge in [0.2, 0.25) is 5.91 Å². The van der Waals surface area contributed by atoms with Crippen molar-refractivity contribution in [1.82, 2.24) is 0 Å². The third-order valence-corrected chi connectivity index (χ3v) is 7.09. The average molecular weight is 457 g/mol. The molecular formula is C23H18Cl2N2O2S. The zero-order valence-corrected chi connectivity index (χ0v) is 18.5. The fourth-order valence-corrected chi connectivity index (χ4v) is 5.31. The molecule has 0 bridgehead atoms. The highest BCUT2D eigenvalue weighted by Crippen LogP contribution is 2.39. The summed E-state index contributed by atoms with van der Waals surface area (Å²) in [7, 11) is 0. The third-order valence-electron chi connectivity index (χ3n) is 5.10. The number of nitrogens with zero attached hydrogens (tertiary/aromatic N) is 1.